The molecule has 0 aliphatic heterocycles. The number of hydrogen-bond donors (Lipinski definition) is 1. The van der Waals surface area contributed by atoms with Crippen LogP contribution in [0.2, 0.25) is 0 Å². The number of nitrogens with two attached hydrogens (primary N) is 1. The van der Waals surface area contributed by atoms with Crippen molar-refractivity contribution in [2.75, 3.05) is 5.73 Å². The number of nitrogen functional groups attached to an aromatic ring is 1. The molecular formula is C6H11BrN4. The second-order valence-electron chi connectivity index (χ2n) is 2.32. The van der Waals surface area contributed by atoms with E-state index in [2.05, 4.69) is 32.9 Å². The quantitative estimate of drug-likeness (QED) is 0.836. The maximum atomic E-state index is 5.38. The summed E-state index contributed by atoms with van der Waals surface area (Å²) in [5, 5.41) is 3.98. The lowest BCUT2D eigenvalue weighted by molar-refractivity contribution is 0.561. The van der Waals surface area contributed by atoms with Gasteiger partial charge in [-0.25, -0.2) is 4.68 Å². The van der Waals surface area contributed by atoms with Gasteiger partial charge in [-0.1, -0.05) is 13.3 Å². The lowest BCUT2D eigenvalue weighted by Crippen LogP contribution is -2.00. The second kappa shape index (κ2) is 3.71. The van der Waals surface area contributed by atoms with Crippen LogP contribution in [-0.4, -0.2) is 14.8 Å². The van der Waals surface area contributed by atoms with Crippen LogP contribution in [0.3, 0.4) is 0 Å². The monoisotopic (exact) mass is 218 g/mol. The maximum absolute atomic E-state index is 5.38. The van der Waals surface area contributed by atoms with Crippen LogP contribution in [0, 0.1) is 0 Å². The molecule has 0 aliphatic rings. The van der Waals surface area contributed by atoms with Crippen LogP contribution >= 0.6 is 15.9 Å². The summed E-state index contributed by atoms with van der Waals surface area (Å²) in [6, 6.07) is 0. The third-order valence-corrected chi connectivity index (χ3v) is 1.95. The third-order valence-electron chi connectivity index (χ3n) is 1.37. The van der Waals surface area contributed by atoms with Crippen molar-refractivity contribution in [1.82, 2.24) is 14.8 Å². The zero-order valence-electron chi connectivity index (χ0n) is 6.42. The molecule has 0 aliphatic carbocycles. The van der Waals surface area contributed by atoms with Crippen molar-refractivity contribution in [2.45, 2.75) is 26.3 Å². The first-order chi connectivity index (χ1) is 5.24. The first-order valence-corrected chi connectivity index (χ1v) is 4.39. The highest BCUT2D eigenvalue weighted by Gasteiger charge is 2.02. The van der Waals surface area contributed by atoms with Crippen LogP contribution in [-0.2, 0) is 6.54 Å². The van der Waals surface area contributed by atoms with E-state index in [1.165, 1.54) is 0 Å². The Morgan fingerprint density at radius 1 is 1.64 bits per heavy atom. The molecule has 11 heavy (non-hydrogen) atoms. The SMILES string of the molecule is CCCCn1nc(N)nc1Br. The Balaban J connectivity index is 2.62. The summed E-state index contributed by atoms with van der Waals surface area (Å²) in [6.45, 7) is 3.01. The van der Waals surface area contributed by atoms with Gasteiger partial charge in [0.1, 0.15) is 0 Å². The number of halogens is 1. The lowest BCUT2D eigenvalue weighted by atomic mass is 10.3. The molecule has 0 unspecified atom stereocenters. The van der Waals surface area contributed by atoms with Crippen LogP contribution in [0.15, 0.2) is 4.73 Å². The van der Waals surface area contributed by atoms with Gasteiger partial charge in [-0.2, -0.15) is 4.98 Å². The van der Waals surface area contributed by atoms with Crippen LogP contribution in [0.25, 0.3) is 0 Å². The minimum atomic E-state index is 0.327. The average Bonchev–Trinajstić information content (AvgIpc) is 2.26. The predicted molar refractivity (Wildman–Crippen MR) is 47.0 cm³/mol. The van der Waals surface area contributed by atoms with E-state index in [1.807, 2.05) is 0 Å². The Hall–Kier alpha value is -0.580. The molecule has 0 atom stereocenters. The zero-order valence-corrected chi connectivity index (χ0v) is 8.00. The Labute approximate surface area is 73.9 Å². The number of nitrogens with zero attached hydrogens (tertiary/aromatic N) is 3. The topological polar surface area (TPSA) is 56.7 Å². The molecule has 0 saturated heterocycles. The van der Waals surface area contributed by atoms with E-state index in [1.54, 1.807) is 4.68 Å². The highest BCUT2D eigenvalue weighted by atomic mass is 79.9. The molecule has 0 amide bonds. The molecule has 1 aromatic heterocycles. The molecule has 5 heteroatoms. The summed E-state index contributed by atoms with van der Waals surface area (Å²) >= 11 is 3.26. The molecule has 1 aromatic rings. The lowest BCUT2D eigenvalue weighted by Gasteiger charge is -1.97. The van der Waals surface area contributed by atoms with Gasteiger partial charge >= 0.3 is 0 Å². The molecule has 1 rings (SSSR count). The highest BCUT2D eigenvalue weighted by Crippen LogP contribution is 2.08. The van der Waals surface area contributed by atoms with Crippen LogP contribution < -0.4 is 5.73 Å². The number of unbranched alkanes of at least 4 members (excludes halogenated alkanes) is 1. The van der Waals surface area contributed by atoms with Gasteiger partial charge in [-0.05, 0) is 22.4 Å². The van der Waals surface area contributed by atoms with E-state index in [0.717, 1.165) is 19.4 Å². The number of rotatable bonds is 3. The van der Waals surface area contributed by atoms with Crippen molar-refractivity contribution in [3.8, 4) is 0 Å². The minimum Gasteiger partial charge on any atom is -0.366 e. The molecule has 62 valence electrons. The number of anilines is 1. The van der Waals surface area contributed by atoms with Crippen molar-refractivity contribution in [3.05, 3.63) is 4.73 Å². The largest absolute Gasteiger partial charge is 0.366 e. The number of aryl methyl sites for hydroxylation is 1. The van der Waals surface area contributed by atoms with E-state index < -0.39 is 0 Å². The molecule has 2 N–H and O–H groups in total. The van der Waals surface area contributed by atoms with Gasteiger partial charge in [0.2, 0.25) is 5.95 Å². The highest BCUT2D eigenvalue weighted by molar-refractivity contribution is 9.10. The van der Waals surface area contributed by atoms with Gasteiger partial charge in [0.15, 0.2) is 4.73 Å². The van der Waals surface area contributed by atoms with Crippen molar-refractivity contribution >= 4 is 21.9 Å². The van der Waals surface area contributed by atoms with E-state index in [9.17, 15) is 0 Å². The van der Waals surface area contributed by atoms with Gasteiger partial charge in [-0.3, -0.25) is 0 Å². The summed E-state index contributed by atoms with van der Waals surface area (Å²) in [6.07, 6.45) is 2.24. The van der Waals surface area contributed by atoms with E-state index in [4.69, 9.17) is 5.73 Å². The zero-order chi connectivity index (χ0) is 8.27. The molecule has 0 saturated carbocycles. The van der Waals surface area contributed by atoms with Gasteiger partial charge in [0, 0.05) is 6.54 Å². The fourth-order valence-electron chi connectivity index (χ4n) is 0.790. The van der Waals surface area contributed by atoms with Gasteiger partial charge < -0.3 is 5.73 Å². The predicted octanol–water partition coefficient (Wildman–Crippen LogP) is 1.42. The summed E-state index contributed by atoms with van der Waals surface area (Å²) in [5.74, 6) is 0.327. The van der Waals surface area contributed by atoms with E-state index in [-0.39, 0.29) is 0 Å². The molecule has 1 heterocycles. The smallest absolute Gasteiger partial charge is 0.240 e. The Bertz CT molecular complexity index is 232. The first-order valence-electron chi connectivity index (χ1n) is 3.60. The maximum Gasteiger partial charge on any atom is 0.240 e. The Kier molecular flexibility index (Phi) is 2.87. The van der Waals surface area contributed by atoms with Crippen molar-refractivity contribution in [1.29, 1.82) is 0 Å². The van der Waals surface area contributed by atoms with Gasteiger partial charge in [-0.15, -0.1) is 5.10 Å². The minimum absolute atomic E-state index is 0.327. The summed E-state index contributed by atoms with van der Waals surface area (Å²) in [5.41, 5.74) is 5.38. The first kappa shape index (κ1) is 8.52. The van der Waals surface area contributed by atoms with E-state index in [0.29, 0.717) is 10.7 Å². The fraction of sp³-hybridized carbons (Fsp3) is 0.667. The molecule has 0 aromatic carbocycles. The van der Waals surface area contributed by atoms with Crippen molar-refractivity contribution < 1.29 is 0 Å². The molecular weight excluding hydrogens is 208 g/mol. The normalized spacial score (nSPS) is 10.4. The summed E-state index contributed by atoms with van der Waals surface area (Å²) in [4.78, 5) is 3.91. The fourth-order valence-corrected chi connectivity index (χ4v) is 1.23. The van der Waals surface area contributed by atoms with Crippen LogP contribution in [0.5, 0.6) is 0 Å². The summed E-state index contributed by atoms with van der Waals surface area (Å²) in [7, 11) is 0. The standard InChI is InChI=1S/C6H11BrN4/c1-2-3-4-11-5(7)9-6(8)10-11/h2-4H2,1H3,(H2,8,10). The van der Waals surface area contributed by atoms with Crippen LogP contribution in [0.4, 0.5) is 5.95 Å². The molecule has 0 fully saturated rings. The average molecular weight is 219 g/mol. The van der Waals surface area contributed by atoms with Gasteiger partial charge in [0.05, 0.1) is 0 Å². The van der Waals surface area contributed by atoms with Crippen molar-refractivity contribution in [3.63, 3.8) is 0 Å². The second-order valence-corrected chi connectivity index (χ2v) is 3.03. The van der Waals surface area contributed by atoms with Crippen molar-refractivity contribution in [2.24, 2.45) is 0 Å². The van der Waals surface area contributed by atoms with Gasteiger partial charge in [0.25, 0.3) is 0 Å². The van der Waals surface area contributed by atoms with Crippen LogP contribution in [0.1, 0.15) is 19.8 Å². The molecule has 0 bridgehead atoms. The summed E-state index contributed by atoms with van der Waals surface area (Å²) < 4.78 is 2.47. The third kappa shape index (κ3) is 2.18. The van der Waals surface area contributed by atoms with E-state index >= 15 is 0 Å². The Morgan fingerprint density at radius 3 is 2.82 bits per heavy atom. The molecule has 0 radical (unpaired) electrons. The molecule has 0 spiro atoms. The number of hydrogen-bond acceptors (Lipinski definition) is 3. The Morgan fingerprint density at radius 2 is 2.36 bits per heavy atom. The molecule has 4 nitrogen and oxygen atoms in total. The number of aromatic nitrogens is 3.